The summed E-state index contributed by atoms with van der Waals surface area (Å²) in [6, 6.07) is 13.4. The molecule has 134 valence electrons. The molecule has 1 aliphatic rings. The van der Waals surface area contributed by atoms with Crippen LogP contribution in [0.5, 0.6) is 0 Å². The summed E-state index contributed by atoms with van der Waals surface area (Å²) in [5.74, 6) is -0.718. The zero-order valence-electron chi connectivity index (χ0n) is 14.0. The molecule has 1 saturated heterocycles. The number of amides is 3. The average molecular weight is 372 g/mol. The van der Waals surface area contributed by atoms with Gasteiger partial charge in [0, 0.05) is 35.7 Å². The Hall–Kier alpha value is -2.86. The van der Waals surface area contributed by atoms with Crippen LogP contribution in [-0.4, -0.2) is 29.2 Å². The second kappa shape index (κ2) is 8.01. The fourth-order valence-electron chi connectivity index (χ4n) is 2.74. The van der Waals surface area contributed by atoms with Crippen molar-refractivity contribution in [3.8, 4) is 0 Å². The molecule has 1 fully saturated rings. The van der Waals surface area contributed by atoms with Gasteiger partial charge in [-0.25, -0.2) is 0 Å². The summed E-state index contributed by atoms with van der Waals surface area (Å²) in [6.45, 7) is 1.32. The van der Waals surface area contributed by atoms with E-state index in [9.17, 15) is 14.4 Å². The molecule has 6 nitrogen and oxygen atoms in total. The largest absolute Gasteiger partial charge is 0.338 e. The van der Waals surface area contributed by atoms with Crippen LogP contribution in [0.2, 0.25) is 5.02 Å². The van der Waals surface area contributed by atoms with Crippen molar-refractivity contribution in [1.82, 2.24) is 15.8 Å². The van der Waals surface area contributed by atoms with E-state index >= 15 is 0 Å². The highest BCUT2D eigenvalue weighted by molar-refractivity contribution is 6.30. The van der Waals surface area contributed by atoms with E-state index in [0.717, 1.165) is 18.5 Å². The summed E-state index contributed by atoms with van der Waals surface area (Å²) in [5.41, 5.74) is 6.44. The number of benzene rings is 2. The Balaban J connectivity index is 1.54. The molecule has 0 saturated carbocycles. The summed E-state index contributed by atoms with van der Waals surface area (Å²) in [5, 5.41) is 0.441. The van der Waals surface area contributed by atoms with Crippen molar-refractivity contribution in [2.45, 2.75) is 19.4 Å². The number of carbonyl (C=O) groups excluding carboxylic acids is 3. The minimum Gasteiger partial charge on any atom is -0.338 e. The fraction of sp³-hybridized carbons (Fsp3) is 0.211. The Morgan fingerprint density at radius 2 is 1.69 bits per heavy atom. The van der Waals surface area contributed by atoms with E-state index in [2.05, 4.69) is 10.9 Å². The number of hydrogen-bond acceptors (Lipinski definition) is 3. The molecule has 7 heteroatoms. The SMILES string of the molecule is O=C(NNC(=O)c1cccc(Cl)c1)c1ccc(CN2CCCC2=O)cc1. The Morgan fingerprint density at radius 3 is 2.31 bits per heavy atom. The monoisotopic (exact) mass is 371 g/mol. The minimum absolute atomic E-state index is 0.163. The van der Waals surface area contributed by atoms with Crippen LogP contribution < -0.4 is 10.9 Å². The fourth-order valence-corrected chi connectivity index (χ4v) is 2.93. The number of carbonyl (C=O) groups is 3. The lowest BCUT2D eigenvalue weighted by Crippen LogP contribution is -2.41. The Labute approximate surface area is 156 Å². The molecule has 0 aliphatic carbocycles. The molecule has 3 rings (SSSR count). The number of nitrogens with one attached hydrogen (secondary N) is 2. The minimum atomic E-state index is -0.454. The van der Waals surface area contributed by atoms with E-state index < -0.39 is 11.8 Å². The Kier molecular flexibility index (Phi) is 5.53. The first kappa shape index (κ1) is 17.9. The highest BCUT2D eigenvalue weighted by atomic mass is 35.5. The molecule has 1 heterocycles. The van der Waals surface area contributed by atoms with Gasteiger partial charge in [0.05, 0.1) is 0 Å². The predicted molar refractivity (Wildman–Crippen MR) is 97.5 cm³/mol. The van der Waals surface area contributed by atoms with Gasteiger partial charge in [0.1, 0.15) is 0 Å². The van der Waals surface area contributed by atoms with Gasteiger partial charge in [0.15, 0.2) is 0 Å². The second-order valence-corrected chi connectivity index (χ2v) is 6.47. The van der Waals surface area contributed by atoms with Crippen LogP contribution in [0.1, 0.15) is 39.1 Å². The van der Waals surface area contributed by atoms with Gasteiger partial charge in [-0.1, -0.05) is 29.8 Å². The van der Waals surface area contributed by atoms with Crippen LogP contribution >= 0.6 is 11.6 Å². The number of nitrogens with zero attached hydrogens (tertiary/aromatic N) is 1. The van der Waals surface area contributed by atoms with Crippen molar-refractivity contribution in [3.63, 3.8) is 0 Å². The lowest BCUT2D eigenvalue weighted by atomic mass is 10.1. The van der Waals surface area contributed by atoms with Crippen molar-refractivity contribution < 1.29 is 14.4 Å². The number of hydrazine groups is 1. The molecule has 0 atom stereocenters. The lowest BCUT2D eigenvalue weighted by molar-refractivity contribution is -0.128. The van der Waals surface area contributed by atoms with Gasteiger partial charge in [-0.2, -0.15) is 0 Å². The van der Waals surface area contributed by atoms with E-state index in [1.807, 2.05) is 0 Å². The molecule has 26 heavy (non-hydrogen) atoms. The number of rotatable bonds is 4. The first-order valence-electron chi connectivity index (χ1n) is 8.26. The molecule has 2 aromatic carbocycles. The van der Waals surface area contributed by atoms with Crippen LogP contribution in [0.4, 0.5) is 0 Å². The summed E-state index contributed by atoms with van der Waals surface area (Å²) in [4.78, 5) is 37.6. The summed E-state index contributed by atoms with van der Waals surface area (Å²) >= 11 is 5.84. The van der Waals surface area contributed by atoms with E-state index in [4.69, 9.17) is 11.6 Å². The quantitative estimate of drug-likeness (QED) is 0.811. The highest BCUT2D eigenvalue weighted by Gasteiger charge is 2.20. The van der Waals surface area contributed by atoms with Crippen molar-refractivity contribution in [2.24, 2.45) is 0 Å². The highest BCUT2D eigenvalue weighted by Crippen LogP contribution is 2.15. The summed E-state index contributed by atoms with van der Waals surface area (Å²) in [7, 11) is 0. The zero-order chi connectivity index (χ0) is 18.5. The second-order valence-electron chi connectivity index (χ2n) is 6.03. The van der Waals surface area contributed by atoms with Crippen molar-refractivity contribution >= 4 is 29.3 Å². The maximum Gasteiger partial charge on any atom is 0.269 e. The van der Waals surface area contributed by atoms with Gasteiger partial charge in [0.25, 0.3) is 11.8 Å². The van der Waals surface area contributed by atoms with E-state index in [-0.39, 0.29) is 5.91 Å². The third-order valence-electron chi connectivity index (χ3n) is 4.14. The third-order valence-corrected chi connectivity index (χ3v) is 4.37. The van der Waals surface area contributed by atoms with Crippen LogP contribution in [-0.2, 0) is 11.3 Å². The molecule has 0 unspecified atom stereocenters. The van der Waals surface area contributed by atoms with Crippen molar-refractivity contribution in [1.29, 1.82) is 0 Å². The summed E-state index contributed by atoms with van der Waals surface area (Å²) in [6.07, 6.45) is 1.50. The van der Waals surface area contributed by atoms with Gasteiger partial charge in [-0.3, -0.25) is 25.2 Å². The number of likely N-dealkylation sites (tertiary alicyclic amines) is 1. The van der Waals surface area contributed by atoms with Crippen LogP contribution in [0.3, 0.4) is 0 Å². The standard InChI is InChI=1S/C19H18ClN3O3/c20-16-4-1-3-15(11-16)19(26)22-21-18(25)14-8-6-13(7-9-14)12-23-10-2-5-17(23)24/h1,3-4,6-9,11H,2,5,10,12H2,(H,21,25)(H,22,26). The van der Waals surface area contributed by atoms with Gasteiger partial charge in [-0.15, -0.1) is 0 Å². The molecule has 0 spiro atoms. The maximum atomic E-state index is 12.1. The number of halogens is 1. The molecule has 0 bridgehead atoms. The molecule has 0 aromatic heterocycles. The third kappa shape index (κ3) is 4.40. The van der Waals surface area contributed by atoms with Crippen LogP contribution in [0, 0.1) is 0 Å². The van der Waals surface area contributed by atoms with Gasteiger partial charge in [-0.05, 0) is 42.3 Å². The normalized spacial score (nSPS) is 13.6. The molecule has 2 aromatic rings. The number of hydrogen-bond donors (Lipinski definition) is 2. The maximum absolute atomic E-state index is 12.1. The van der Waals surface area contributed by atoms with Gasteiger partial charge < -0.3 is 4.90 Å². The van der Waals surface area contributed by atoms with E-state index in [0.29, 0.717) is 29.1 Å². The topological polar surface area (TPSA) is 78.5 Å². The smallest absolute Gasteiger partial charge is 0.269 e. The van der Waals surface area contributed by atoms with Gasteiger partial charge >= 0.3 is 0 Å². The van der Waals surface area contributed by atoms with Crippen molar-refractivity contribution in [3.05, 3.63) is 70.2 Å². The lowest BCUT2D eigenvalue weighted by Gasteiger charge is -2.15. The molecule has 2 N–H and O–H groups in total. The van der Waals surface area contributed by atoms with Crippen LogP contribution in [0.25, 0.3) is 0 Å². The van der Waals surface area contributed by atoms with Gasteiger partial charge in [0.2, 0.25) is 5.91 Å². The first-order chi connectivity index (χ1) is 12.5. The Bertz CT molecular complexity index is 836. The van der Waals surface area contributed by atoms with E-state index in [1.54, 1.807) is 47.4 Å². The van der Waals surface area contributed by atoms with E-state index in [1.165, 1.54) is 6.07 Å². The van der Waals surface area contributed by atoms with Crippen molar-refractivity contribution in [2.75, 3.05) is 6.54 Å². The van der Waals surface area contributed by atoms with Crippen LogP contribution in [0.15, 0.2) is 48.5 Å². The molecular weight excluding hydrogens is 354 g/mol. The zero-order valence-corrected chi connectivity index (χ0v) is 14.8. The summed E-state index contributed by atoms with van der Waals surface area (Å²) < 4.78 is 0. The molecule has 0 radical (unpaired) electrons. The molecule has 1 aliphatic heterocycles. The first-order valence-corrected chi connectivity index (χ1v) is 8.64. The predicted octanol–water partition coefficient (Wildman–Crippen LogP) is 2.54. The Morgan fingerprint density at radius 1 is 1.00 bits per heavy atom. The molecule has 3 amide bonds. The molecular formula is C19H18ClN3O3. The average Bonchev–Trinajstić information content (AvgIpc) is 3.04.